The van der Waals surface area contributed by atoms with Crippen molar-refractivity contribution in [3.63, 3.8) is 0 Å². The molecule has 0 aliphatic carbocycles. The summed E-state index contributed by atoms with van der Waals surface area (Å²) >= 11 is 0. The van der Waals surface area contributed by atoms with Crippen LogP contribution in [-0.4, -0.2) is 18.5 Å². The summed E-state index contributed by atoms with van der Waals surface area (Å²) in [5.74, 6) is -0.386. The van der Waals surface area contributed by atoms with Crippen LogP contribution < -0.4 is 0 Å². The molecule has 0 atom stereocenters. The molecule has 1 aromatic carbocycles. The molecule has 0 aliphatic rings. The lowest BCUT2D eigenvalue weighted by atomic mass is 10.1. The zero-order chi connectivity index (χ0) is 11.3. The Kier molecular flexibility index (Phi) is 4.26. The molecule has 0 aromatic heterocycles. The zero-order valence-electron chi connectivity index (χ0n) is 9.13. The number of nitrogens with zero attached hydrogens (tertiary/aromatic N) is 2. The number of hydrogen-bond acceptors (Lipinski definition) is 2. The number of halogens is 1. The van der Waals surface area contributed by atoms with E-state index in [1.165, 1.54) is 6.07 Å². The second kappa shape index (κ2) is 5.47. The number of rotatable bonds is 4. The van der Waals surface area contributed by atoms with Gasteiger partial charge in [0.05, 0.1) is 5.56 Å². The van der Waals surface area contributed by atoms with E-state index in [4.69, 9.17) is 5.26 Å². The lowest BCUT2D eigenvalue weighted by Crippen LogP contribution is -2.19. The van der Waals surface area contributed by atoms with E-state index in [0.29, 0.717) is 12.1 Å². The first-order chi connectivity index (χ1) is 7.19. The molecular weight excluding hydrogens is 191 g/mol. The van der Waals surface area contributed by atoms with Gasteiger partial charge in [-0.1, -0.05) is 19.1 Å². The fourth-order valence-electron chi connectivity index (χ4n) is 1.54. The monoisotopic (exact) mass is 206 g/mol. The summed E-state index contributed by atoms with van der Waals surface area (Å²) < 4.78 is 13.6. The molecule has 0 spiro atoms. The Morgan fingerprint density at radius 2 is 2.20 bits per heavy atom. The smallest absolute Gasteiger partial charge is 0.145 e. The Balaban J connectivity index is 2.82. The molecule has 80 valence electrons. The molecule has 0 saturated heterocycles. The van der Waals surface area contributed by atoms with Crippen molar-refractivity contribution in [2.24, 2.45) is 0 Å². The highest BCUT2D eigenvalue weighted by Gasteiger charge is 2.08. The van der Waals surface area contributed by atoms with Crippen LogP contribution in [0.4, 0.5) is 4.39 Å². The second-order valence-electron chi connectivity index (χ2n) is 3.63. The van der Waals surface area contributed by atoms with Crippen molar-refractivity contribution in [2.45, 2.75) is 19.9 Å². The van der Waals surface area contributed by atoms with Crippen molar-refractivity contribution in [2.75, 3.05) is 13.6 Å². The third kappa shape index (κ3) is 3.03. The molecule has 0 amide bonds. The van der Waals surface area contributed by atoms with Gasteiger partial charge in [0.25, 0.3) is 0 Å². The lowest BCUT2D eigenvalue weighted by molar-refractivity contribution is 0.322. The van der Waals surface area contributed by atoms with E-state index < -0.39 is 0 Å². The van der Waals surface area contributed by atoms with Gasteiger partial charge in [0.2, 0.25) is 0 Å². The molecule has 2 nitrogen and oxygen atoms in total. The van der Waals surface area contributed by atoms with Crippen LogP contribution in [-0.2, 0) is 6.54 Å². The molecule has 0 saturated carbocycles. The van der Waals surface area contributed by atoms with Crippen LogP contribution in [0.2, 0.25) is 0 Å². The highest BCUT2D eigenvalue weighted by molar-refractivity contribution is 5.34. The fraction of sp³-hybridized carbons (Fsp3) is 0.417. The minimum absolute atomic E-state index is 0.123. The summed E-state index contributed by atoms with van der Waals surface area (Å²) in [5.41, 5.74) is 0.711. The van der Waals surface area contributed by atoms with Gasteiger partial charge in [-0.15, -0.1) is 0 Å². The molecule has 0 bridgehead atoms. The van der Waals surface area contributed by atoms with Gasteiger partial charge in [0.15, 0.2) is 0 Å². The van der Waals surface area contributed by atoms with Crippen LogP contribution in [0.15, 0.2) is 18.2 Å². The van der Waals surface area contributed by atoms with Gasteiger partial charge in [0.1, 0.15) is 11.9 Å². The normalized spacial score (nSPS) is 10.3. The van der Waals surface area contributed by atoms with Gasteiger partial charge < -0.3 is 4.90 Å². The van der Waals surface area contributed by atoms with Crippen molar-refractivity contribution in [3.8, 4) is 6.07 Å². The van der Waals surface area contributed by atoms with Crippen molar-refractivity contribution >= 4 is 0 Å². The van der Waals surface area contributed by atoms with E-state index in [1.54, 1.807) is 12.1 Å². The predicted octanol–water partition coefficient (Wildman–Crippen LogP) is 2.54. The van der Waals surface area contributed by atoms with Gasteiger partial charge in [-0.2, -0.15) is 5.26 Å². The van der Waals surface area contributed by atoms with Crippen molar-refractivity contribution < 1.29 is 4.39 Å². The van der Waals surface area contributed by atoms with Gasteiger partial charge in [-0.25, -0.2) is 4.39 Å². The summed E-state index contributed by atoms with van der Waals surface area (Å²) in [5, 5.41) is 8.68. The van der Waals surface area contributed by atoms with E-state index in [1.807, 2.05) is 18.0 Å². The Hall–Kier alpha value is -1.40. The molecule has 0 fully saturated rings. The average molecular weight is 206 g/mol. The maximum absolute atomic E-state index is 13.6. The van der Waals surface area contributed by atoms with E-state index >= 15 is 0 Å². The standard InChI is InChI=1S/C12H15FN2/c1-3-7-15(2)9-11-6-4-5-10(8-14)12(11)13/h4-6H,3,7,9H2,1-2H3. The predicted molar refractivity (Wildman–Crippen MR) is 57.7 cm³/mol. The van der Waals surface area contributed by atoms with Crippen LogP contribution in [0.3, 0.4) is 0 Å². The first-order valence-corrected chi connectivity index (χ1v) is 5.05. The summed E-state index contributed by atoms with van der Waals surface area (Å²) in [6.45, 7) is 3.56. The van der Waals surface area contributed by atoms with Gasteiger partial charge in [-0.3, -0.25) is 0 Å². The Morgan fingerprint density at radius 1 is 1.47 bits per heavy atom. The van der Waals surface area contributed by atoms with Crippen molar-refractivity contribution in [1.82, 2.24) is 4.90 Å². The van der Waals surface area contributed by atoms with Crippen LogP contribution >= 0.6 is 0 Å². The molecule has 1 rings (SSSR count). The molecule has 0 unspecified atom stereocenters. The minimum Gasteiger partial charge on any atom is -0.302 e. The SMILES string of the molecule is CCCN(C)Cc1cccc(C#N)c1F. The molecule has 15 heavy (non-hydrogen) atoms. The first-order valence-electron chi connectivity index (χ1n) is 5.05. The molecular formula is C12H15FN2. The zero-order valence-corrected chi connectivity index (χ0v) is 9.13. The number of benzene rings is 1. The molecule has 1 aromatic rings. The average Bonchev–Trinajstić information content (AvgIpc) is 2.21. The van der Waals surface area contributed by atoms with Crippen LogP contribution in [0.1, 0.15) is 24.5 Å². The van der Waals surface area contributed by atoms with Gasteiger partial charge in [-0.05, 0) is 26.1 Å². The van der Waals surface area contributed by atoms with E-state index in [2.05, 4.69) is 6.92 Å². The maximum Gasteiger partial charge on any atom is 0.145 e. The quantitative estimate of drug-likeness (QED) is 0.757. The summed E-state index contributed by atoms with van der Waals surface area (Å²) in [6, 6.07) is 6.79. The molecule has 0 N–H and O–H groups in total. The van der Waals surface area contributed by atoms with Crippen molar-refractivity contribution in [3.05, 3.63) is 35.1 Å². The van der Waals surface area contributed by atoms with E-state index in [9.17, 15) is 4.39 Å². The van der Waals surface area contributed by atoms with E-state index in [0.717, 1.165) is 13.0 Å². The minimum atomic E-state index is -0.386. The Morgan fingerprint density at radius 3 is 2.80 bits per heavy atom. The number of nitriles is 1. The van der Waals surface area contributed by atoms with Gasteiger partial charge >= 0.3 is 0 Å². The first kappa shape index (κ1) is 11.7. The number of hydrogen-bond donors (Lipinski definition) is 0. The third-order valence-electron chi connectivity index (χ3n) is 2.24. The summed E-state index contributed by atoms with van der Waals surface area (Å²) in [7, 11) is 1.95. The second-order valence-corrected chi connectivity index (χ2v) is 3.63. The largest absolute Gasteiger partial charge is 0.302 e. The van der Waals surface area contributed by atoms with E-state index in [-0.39, 0.29) is 11.4 Å². The van der Waals surface area contributed by atoms with Crippen LogP contribution in [0, 0.1) is 17.1 Å². The maximum atomic E-state index is 13.6. The Labute approximate surface area is 89.9 Å². The lowest BCUT2D eigenvalue weighted by Gasteiger charge is -2.15. The Bertz CT molecular complexity index is 368. The fourth-order valence-corrected chi connectivity index (χ4v) is 1.54. The van der Waals surface area contributed by atoms with Crippen molar-refractivity contribution in [1.29, 1.82) is 5.26 Å². The topological polar surface area (TPSA) is 27.0 Å². The molecule has 0 radical (unpaired) electrons. The van der Waals surface area contributed by atoms with Crippen LogP contribution in [0.5, 0.6) is 0 Å². The molecule has 0 aliphatic heterocycles. The third-order valence-corrected chi connectivity index (χ3v) is 2.24. The molecule has 3 heteroatoms. The van der Waals surface area contributed by atoms with Gasteiger partial charge in [0, 0.05) is 12.1 Å². The summed E-state index contributed by atoms with van der Waals surface area (Å²) in [4.78, 5) is 2.04. The van der Waals surface area contributed by atoms with Crippen LogP contribution in [0.25, 0.3) is 0 Å². The highest BCUT2D eigenvalue weighted by Crippen LogP contribution is 2.13. The molecule has 0 heterocycles. The highest BCUT2D eigenvalue weighted by atomic mass is 19.1. The summed E-state index contributed by atoms with van der Waals surface area (Å²) in [6.07, 6.45) is 1.04.